The van der Waals surface area contributed by atoms with Crippen LogP contribution < -0.4 is 5.73 Å². The number of carbonyl (C=O) groups excluding carboxylic acids is 1. The first kappa shape index (κ1) is 16.5. The maximum Gasteiger partial charge on any atom is 0.264 e. The van der Waals surface area contributed by atoms with Crippen LogP contribution in [-0.4, -0.2) is 29.9 Å². The first-order chi connectivity index (χ1) is 8.67. The van der Waals surface area contributed by atoms with Crippen LogP contribution in [0.25, 0.3) is 0 Å². The van der Waals surface area contributed by atoms with Gasteiger partial charge in [-0.2, -0.15) is 0 Å². The van der Waals surface area contributed by atoms with Crippen LogP contribution in [0, 0.1) is 5.92 Å². The molecule has 0 aromatic carbocycles. The fourth-order valence-corrected chi connectivity index (χ4v) is 3.62. The van der Waals surface area contributed by atoms with E-state index < -0.39 is 0 Å². The zero-order chi connectivity index (χ0) is 13.1. The lowest BCUT2D eigenvalue weighted by atomic mass is 9.92. The van der Waals surface area contributed by atoms with E-state index in [2.05, 4.69) is 19.9 Å². The Morgan fingerprint density at radius 3 is 2.95 bits per heavy atom. The highest BCUT2D eigenvalue weighted by Crippen LogP contribution is 2.26. The molecule has 5 heteroatoms. The van der Waals surface area contributed by atoms with E-state index in [9.17, 15) is 4.79 Å². The summed E-state index contributed by atoms with van der Waals surface area (Å²) in [5, 5.41) is 2.01. The molecule has 0 aliphatic carbocycles. The summed E-state index contributed by atoms with van der Waals surface area (Å²) in [5.41, 5.74) is 6.99. The molecular formula is C14H23ClN2OS. The quantitative estimate of drug-likeness (QED) is 0.933. The summed E-state index contributed by atoms with van der Waals surface area (Å²) in [4.78, 5) is 15.5. The summed E-state index contributed by atoms with van der Waals surface area (Å²) in [6, 6.07) is 2.27. The molecule has 3 nitrogen and oxygen atoms in total. The van der Waals surface area contributed by atoms with Crippen LogP contribution in [0.3, 0.4) is 0 Å². The molecule has 1 aliphatic rings. The molecule has 2 heterocycles. The third-order valence-corrected chi connectivity index (χ3v) is 4.78. The number of hydrogen-bond donors (Lipinski definition) is 1. The van der Waals surface area contributed by atoms with Gasteiger partial charge in [-0.15, -0.1) is 23.7 Å². The van der Waals surface area contributed by atoms with Gasteiger partial charge >= 0.3 is 0 Å². The Morgan fingerprint density at radius 2 is 2.32 bits per heavy atom. The monoisotopic (exact) mass is 302 g/mol. The second-order valence-corrected chi connectivity index (χ2v) is 6.06. The number of carbonyl (C=O) groups is 1. The normalized spacial score (nSPS) is 23.0. The minimum Gasteiger partial charge on any atom is -0.334 e. The van der Waals surface area contributed by atoms with Crippen molar-refractivity contribution in [2.45, 2.75) is 39.2 Å². The zero-order valence-corrected chi connectivity index (χ0v) is 13.2. The summed E-state index contributed by atoms with van der Waals surface area (Å²) in [6.45, 7) is 5.76. The Kier molecular flexibility index (Phi) is 6.30. The van der Waals surface area contributed by atoms with Crippen LogP contribution >= 0.6 is 23.7 Å². The van der Waals surface area contributed by atoms with Gasteiger partial charge in [0, 0.05) is 19.1 Å². The maximum atomic E-state index is 12.6. The number of halogens is 1. The third-order valence-electron chi connectivity index (χ3n) is 3.83. The lowest BCUT2D eigenvalue weighted by Gasteiger charge is -2.38. The van der Waals surface area contributed by atoms with Gasteiger partial charge in [0.15, 0.2) is 0 Å². The lowest BCUT2D eigenvalue weighted by Crippen LogP contribution is -2.49. The van der Waals surface area contributed by atoms with Crippen LogP contribution in [0.15, 0.2) is 11.4 Å². The molecule has 2 atom stereocenters. The second kappa shape index (κ2) is 7.27. The van der Waals surface area contributed by atoms with Crippen LogP contribution in [0.5, 0.6) is 0 Å². The maximum absolute atomic E-state index is 12.6. The Balaban J connectivity index is 0.00000180. The molecule has 2 N–H and O–H groups in total. The first-order valence-electron chi connectivity index (χ1n) is 6.74. The average molecular weight is 303 g/mol. The Morgan fingerprint density at radius 1 is 1.58 bits per heavy atom. The van der Waals surface area contributed by atoms with Crippen molar-refractivity contribution < 1.29 is 4.79 Å². The average Bonchev–Trinajstić information content (AvgIpc) is 2.86. The van der Waals surface area contributed by atoms with E-state index in [0.29, 0.717) is 12.5 Å². The molecule has 0 spiro atoms. The van der Waals surface area contributed by atoms with E-state index in [1.54, 1.807) is 11.3 Å². The van der Waals surface area contributed by atoms with Gasteiger partial charge in [-0.05, 0) is 42.2 Å². The van der Waals surface area contributed by atoms with Crippen molar-refractivity contribution in [1.82, 2.24) is 4.90 Å². The van der Waals surface area contributed by atoms with Crippen LogP contribution in [0.1, 0.15) is 41.9 Å². The molecule has 1 aliphatic heterocycles. The fourth-order valence-electron chi connectivity index (χ4n) is 2.67. The van der Waals surface area contributed by atoms with Crippen molar-refractivity contribution in [3.63, 3.8) is 0 Å². The second-order valence-electron chi connectivity index (χ2n) is 5.15. The van der Waals surface area contributed by atoms with Crippen molar-refractivity contribution >= 4 is 29.7 Å². The Hall–Kier alpha value is -0.580. The van der Waals surface area contributed by atoms with Crippen LogP contribution in [-0.2, 0) is 6.42 Å². The molecule has 108 valence electrons. The largest absolute Gasteiger partial charge is 0.334 e. The van der Waals surface area contributed by atoms with Crippen molar-refractivity contribution in [1.29, 1.82) is 0 Å². The predicted octanol–water partition coefficient (Wildman–Crippen LogP) is 2.93. The minimum absolute atomic E-state index is 0. The smallest absolute Gasteiger partial charge is 0.264 e. The van der Waals surface area contributed by atoms with Gasteiger partial charge in [0.05, 0.1) is 4.88 Å². The number of nitrogens with zero attached hydrogens (tertiary/aromatic N) is 1. The molecule has 0 radical (unpaired) electrons. The topological polar surface area (TPSA) is 46.3 Å². The molecule has 2 unspecified atom stereocenters. The van der Waals surface area contributed by atoms with E-state index in [0.717, 1.165) is 30.7 Å². The van der Waals surface area contributed by atoms with E-state index in [1.165, 1.54) is 5.56 Å². The van der Waals surface area contributed by atoms with E-state index in [-0.39, 0.29) is 24.4 Å². The first-order valence-corrected chi connectivity index (χ1v) is 7.62. The van der Waals surface area contributed by atoms with Crippen molar-refractivity contribution in [2.24, 2.45) is 11.7 Å². The summed E-state index contributed by atoms with van der Waals surface area (Å²) in [5.74, 6) is 0.862. The highest BCUT2D eigenvalue weighted by atomic mass is 35.5. The highest BCUT2D eigenvalue weighted by Gasteiger charge is 2.30. The van der Waals surface area contributed by atoms with E-state index in [1.807, 2.05) is 10.3 Å². The van der Waals surface area contributed by atoms with Gasteiger partial charge in [-0.3, -0.25) is 4.79 Å². The lowest BCUT2D eigenvalue weighted by molar-refractivity contribution is 0.0577. The Labute approximate surface area is 125 Å². The highest BCUT2D eigenvalue weighted by molar-refractivity contribution is 7.12. The fraction of sp³-hybridized carbons (Fsp3) is 0.643. The summed E-state index contributed by atoms with van der Waals surface area (Å²) in [7, 11) is 0. The minimum atomic E-state index is 0. The molecule has 1 fully saturated rings. The SMILES string of the molecule is CCc1ccsc1C(=O)N1CCC(C)CC1CN.Cl. The molecule has 1 saturated heterocycles. The van der Waals surface area contributed by atoms with Crippen molar-refractivity contribution in [3.05, 3.63) is 21.9 Å². The van der Waals surface area contributed by atoms with E-state index in [4.69, 9.17) is 5.73 Å². The van der Waals surface area contributed by atoms with Crippen LogP contribution in [0.4, 0.5) is 0 Å². The molecule has 1 aromatic rings. The van der Waals surface area contributed by atoms with Crippen LogP contribution in [0.2, 0.25) is 0 Å². The van der Waals surface area contributed by atoms with Gasteiger partial charge in [-0.1, -0.05) is 13.8 Å². The molecule has 0 saturated carbocycles. The van der Waals surface area contributed by atoms with E-state index >= 15 is 0 Å². The Bertz CT molecular complexity index is 421. The molecule has 1 aromatic heterocycles. The standard InChI is InChI=1S/C14H22N2OS.ClH/c1-3-11-5-7-18-13(11)14(17)16-6-4-10(2)8-12(16)9-15;/h5,7,10,12H,3-4,6,8-9,15H2,1-2H3;1H. The number of amides is 1. The number of nitrogens with two attached hydrogens (primary N) is 1. The zero-order valence-electron chi connectivity index (χ0n) is 11.6. The molecule has 19 heavy (non-hydrogen) atoms. The number of hydrogen-bond acceptors (Lipinski definition) is 3. The number of rotatable bonds is 3. The number of piperidine rings is 1. The molecule has 2 rings (SSSR count). The van der Waals surface area contributed by atoms with Gasteiger partial charge in [-0.25, -0.2) is 0 Å². The van der Waals surface area contributed by atoms with Gasteiger partial charge in [0.1, 0.15) is 0 Å². The van der Waals surface area contributed by atoms with Crippen molar-refractivity contribution in [3.8, 4) is 0 Å². The number of thiophene rings is 1. The van der Waals surface area contributed by atoms with Gasteiger partial charge in [0.25, 0.3) is 5.91 Å². The predicted molar refractivity (Wildman–Crippen MR) is 83.2 cm³/mol. The van der Waals surface area contributed by atoms with Crippen molar-refractivity contribution in [2.75, 3.05) is 13.1 Å². The summed E-state index contributed by atoms with van der Waals surface area (Å²) in [6.07, 6.45) is 3.05. The van der Waals surface area contributed by atoms with Gasteiger partial charge in [0.2, 0.25) is 0 Å². The summed E-state index contributed by atoms with van der Waals surface area (Å²) >= 11 is 1.56. The number of aryl methyl sites for hydroxylation is 1. The van der Waals surface area contributed by atoms with Gasteiger partial charge < -0.3 is 10.6 Å². The third kappa shape index (κ3) is 3.50. The molecule has 0 bridgehead atoms. The molecular weight excluding hydrogens is 280 g/mol. The number of likely N-dealkylation sites (tertiary alicyclic amines) is 1. The molecule has 1 amide bonds. The summed E-state index contributed by atoms with van der Waals surface area (Å²) < 4.78 is 0.